The summed E-state index contributed by atoms with van der Waals surface area (Å²) >= 11 is 0. The van der Waals surface area contributed by atoms with E-state index in [-0.39, 0.29) is 43.4 Å². The van der Waals surface area contributed by atoms with Crippen LogP contribution < -0.4 is 0 Å². The van der Waals surface area contributed by atoms with Crippen molar-refractivity contribution in [1.82, 2.24) is 0 Å². The first kappa shape index (κ1) is 10.4. The summed E-state index contributed by atoms with van der Waals surface area (Å²) in [5.41, 5.74) is 0. The summed E-state index contributed by atoms with van der Waals surface area (Å²) in [5.74, 6) is 0. The fourth-order valence-electron chi connectivity index (χ4n) is 0. The van der Waals surface area contributed by atoms with Crippen LogP contribution in [-0.2, 0) is 4.57 Å². The Kier molecular flexibility index (Phi) is 5.84. The minimum atomic E-state index is -4.64. The molecule has 3 N–H and O–H groups in total. The molecule has 0 heterocycles. The van der Waals surface area contributed by atoms with Crippen molar-refractivity contribution in [2.75, 3.05) is 0 Å². The molecule has 0 aliphatic heterocycles. The van der Waals surface area contributed by atoms with Crippen molar-refractivity contribution in [3.05, 3.63) is 0 Å². The third-order valence-electron chi connectivity index (χ3n) is 0. The van der Waals surface area contributed by atoms with Crippen LogP contribution in [0.5, 0.6) is 0 Å². The van der Waals surface area contributed by atoms with Gasteiger partial charge in [0.1, 0.15) is 0 Å². The van der Waals surface area contributed by atoms with Gasteiger partial charge in [0.05, 0.1) is 0 Å². The van der Waals surface area contributed by atoms with Gasteiger partial charge in [-0.2, -0.15) is 0 Å². The Bertz CT molecular complexity index is 63.4. The van der Waals surface area contributed by atoms with Gasteiger partial charge in [0.15, 0.2) is 0 Å². The van der Waals surface area contributed by atoms with Crippen molar-refractivity contribution in [3.63, 3.8) is 0 Å². The molecule has 0 aromatic rings. The molecule has 0 amide bonds. The standard InChI is InChI=1S/Ca.H3O4P/c;1-5(2,3)4/h;(H3,1,2,3,4)/q+2;/p+4. The fraction of sp³-hybridized carbons (Fsp3) is 0. The fourth-order valence-corrected chi connectivity index (χ4v) is 0. The molecule has 0 saturated heterocycles. The maximum Gasteiger partial charge on any atom is 2.00 e. The molecule has 0 aliphatic rings. The number of phosphoric acid groups is 1. The molecule has 0 aromatic heterocycles. The zero-order chi connectivity index (χ0) is 4.50. The van der Waals surface area contributed by atoms with Gasteiger partial charge in [-0.1, -0.05) is 0 Å². The Hall–Kier alpha value is 1.37. The summed E-state index contributed by atoms with van der Waals surface area (Å²) in [6.45, 7) is 0. The van der Waals surface area contributed by atoms with Crippen LogP contribution >= 0.6 is 7.82 Å². The van der Waals surface area contributed by atoms with E-state index in [1.54, 1.807) is 0 Å². The Morgan fingerprint density at radius 3 is 1.33 bits per heavy atom. The predicted molar refractivity (Wildman–Crippen MR) is 24.5 cm³/mol. The Morgan fingerprint density at radius 1 is 1.33 bits per heavy atom. The van der Waals surface area contributed by atoms with Crippen molar-refractivity contribution >= 4 is 45.6 Å². The minimum absolute atomic E-state index is 0. The van der Waals surface area contributed by atoms with Crippen LogP contribution in [0.15, 0.2) is 0 Å². The summed E-state index contributed by atoms with van der Waals surface area (Å²) in [7, 11) is -4.64. The summed E-state index contributed by atoms with van der Waals surface area (Å²) < 4.78 is 8.88. The molecule has 4 nitrogen and oxygen atoms in total. The molecule has 0 radical (unpaired) electrons. The third kappa shape index (κ3) is 54.6. The molecule has 0 unspecified atom stereocenters. The van der Waals surface area contributed by atoms with Crippen LogP contribution in [0.1, 0.15) is 5.71 Å². The molecule has 0 rings (SSSR count). The van der Waals surface area contributed by atoms with Gasteiger partial charge in [-0.3, -0.25) is 0 Å². The summed E-state index contributed by atoms with van der Waals surface area (Å²) in [6.07, 6.45) is 0. The van der Waals surface area contributed by atoms with Gasteiger partial charge in [0.2, 0.25) is 0 Å². The SMILES string of the molecule is O=P(O)(O)O.[Ca+2].[H+].[H+].[H+].[H+]. The summed E-state index contributed by atoms with van der Waals surface area (Å²) in [6, 6.07) is 0. The van der Waals surface area contributed by atoms with E-state index in [0.717, 1.165) is 0 Å². The molecule has 0 aliphatic carbocycles. The molecule has 6 heteroatoms. The zero-order valence-electron chi connectivity index (χ0n) is 6.90. The van der Waals surface area contributed by atoms with Crippen molar-refractivity contribution in [2.24, 2.45) is 0 Å². The third-order valence-corrected chi connectivity index (χ3v) is 0. The molecule has 32 valence electrons. The van der Waals surface area contributed by atoms with Gasteiger partial charge in [-0.15, -0.1) is 0 Å². The molecule has 0 atom stereocenters. The van der Waals surface area contributed by atoms with Gasteiger partial charge in [-0.25, -0.2) is 4.57 Å². The maximum absolute atomic E-state index is 8.88. The molecule has 0 spiro atoms. The van der Waals surface area contributed by atoms with Crippen molar-refractivity contribution < 1.29 is 25.0 Å². The minimum Gasteiger partial charge on any atom is -0.303 e. The maximum atomic E-state index is 8.88. The van der Waals surface area contributed by atoms with E-state index in [1.807, 2.05) is 0 Å². The van der Waals surface area contributed by atoms with E-state index in [1.165, 1.54) is 0 Å². The largest absolute Gasteiger partial charge is 2.00 e. The van der Waals surface area contributed by atoms with E-state index in [2.05, 4.69) is 0 Å². The first-order valence-electron chi connectivity index (χ1n) is 0.783. The van der Waals surface area contributed by atoms with Crippen molar-refractivity contribution in [3.8, 4) is 0 Å². The molecule has 0 aromatic carbocycles. The second-order valence-corrected chi connectivity index (χ2v) is 1.54. The van der Waals surface area contributed by atoms with Crippen LogP contribution in [0.2, 0.25) is 0 Å². The van der Waals surface area contributed by atoms with Gasteiger partial charge >= 0.3 is 51.3 Å². The van der Waals surface area contributed by atoms with Gasteiger partial charge in [-0.05, 0) is 0 Å². The average Bonchev–Trinajstić information content (AvgIpc) is 0.722. The molecular formula is H7CaO4P+6. The normalized spacial score (nSPS) is 9.83. The molecular weight excluding hydrogens is 135 g/mol. The van der Waals surface area contributed by atoms with Gasteiger partial charge in [0.25, 0.3) is 0 Å². The molecule has 0 fully saturated rings. The zero-order valence-corrected chi connectivity index (χ0v) is 6.01. The Balaban J connectivity index is -0.00000000800. The number of hydrogen-bond donors (Lipinski definition) is 3. The van der Waals surface area contributed by atoms with Crippen molar-refractivity contribution in [2.45, 2.75) is 0 Å². The second-order valence-electron chi connectivity index (χ2n) is 0.513. The molecule has 0 bridgehead atoms. The molecule has 0 saturated carbocycles. The van der Waals surface area contributed by atoms with Crippen LogP contribution in [0.4, 0.5) is 0 Å². The Labute approximate surface area is 70.4 Å². The van der Waals surface area contributed by atoms with Gasteiger partial charge < -0.3 is 14.7 Å². The number of rotatable bonds is 0. The summed E-state index contributed by atoms with van der Waals surface area (Å²) in [5, 5.41) is 0. The van der Waals surface area contributed by atoms with Crippen LogP contribution in [0.25, 0.3) is 0 Å². The van der Waals surface area contributed by atoms with Crippen molar-refractivity contribution in [1.29, 1.82) is 0 Å². The predicted octanol–water partition coefficient (Wildman–Crippen LogP) is -0.859. The van der Waals surface area contributed by atoms with Crippen LogP contribution in [-0.4, -0.2) is 52.4 Å². The van der Waals surface area contributed by atoms with E-state index < -0.39 is 7.82 Å². The van der Waals surface area contributed by atoms with Crippen LogP contribution in [0, 0.1) is 0 Å². The quantitative estimate of drug-likeness (QED) is 0.304. The molecule has 6 heavy (non-hydrogen) atoms. The smallest absolute Gasteiger partial charge is 0.303 e. The van der Waals surface area contributed by atoms with Gasteiger partial charge in [0, 0.05) is 0 Å². The first-order valence-corrected chi connectivity index (χ1v) is 2.35. The van der Waals surface area contributed by atoms with E-state index in [9.17, 15) is 0 Å². The Morgan fingerprint density at radius 2 is 1.33 bits per heavy atom. The number of hydrogen-bond acceptors (Lipinski definition) is 1. The monoisotopic (exact) mass is 142 g/mol. The topological polar surface area (TPSA) is 77.8 Å². The summed E-state index contributed by atoms with van der Waals surface area (Å²) in [4.78, 5) is 21.6. The first-order chi connectivity index (χ1) is 2.00. The average molecular weight is 142 g/mol. The second kappa shape index (κ2) is 3.38. The van der Waals surface area contributed by atoms with E-state index >= 15 is 0 Å². The van der Waals surface area contributed by atoms with Crippen LogP contribution in [0.3, 0.4) is 0 Å². The van der Waals surface area contributed by atoms with E-state index in [0.29, 0.717) is 0 Å². The van der Waals surface area contributed by atoms with E-state index in [4.69, 9.17) is 19.2 Å².